The van der Waals surface area contributed by atoms with E-state index in [-0.39, 0.29) is 24.6 Å². The molecule has 2 atom stereocenters. The number of hydrogen-bond donors (Lipinski definition) is 5. The van der Waals surface area contributed by atoms with Gasteiger partial charge in [-0.2, -0.15) is 0 Å². The normalized spacial score (nSPS) is 16.2. The third kappa shape index (κ3) is 9.73. The Labute approximate surface area is 238 Å². The quantitative estimate of drug-likeness (QED) is 0.0479. The van der Waals surface area contributed by atoms with E-state index in [0.29, 0.717) is 30.6 Å². The molecule has 2 amide bonds. The van der Waals surface area contributed by atoms with Gasteiger partial charge in [-0.25, -0.2) is 9.79 Å². The standard InChI is InChI=1S/C24H27N7O9S/c25-22(27-23(34)40-14-16-3-7-19(8-4-16)31(37)38)29-24(41,28-21(33)17-9-10-26-12-17)11-20(32)39-13-15-1-5-18(6-2-15)30(35)36/h1-8,17,26,41H,9-14H2,(H,28,33)(H3,25,27,29,34)/t17-,24?/m0/s1. The average Bonchev–Trinajstić information content (AvgIpc) is 3.46. The summed E-state index contributed by atoms with van der Waals surface area (Å²) in [6.07, 6.45) is -1.06. The number of ether oxygens (including phenoxy) is 2. The van der Waals surface area contributed by atoms with Crippen molar-refractivity contribution in [1.29, 1.82) is 0 Å². The topological polar surface area (TPSA) is 230 Å². The molecule has 0 aliphatic carbocycles. The largest absolute Gasteiger partial charge is 0.461 e. The van der Waals surface area contributed by atoms with E-state index >= 15 is 0 Å². The maximum Gasteiger partial charge on any atom is 0.414 e. The first-order valence-electron chi connectivity index (χ1n) is 12.1. The van der Waals surface area contributed by atoms with Crippen LogP contribution in [0, 0.1) is 26.1 Å². The van der Waals surface area contributed by atoms with Crippen molar-refractivity contribution in [2.45, 2.75) is 31.1 Å². The number of carbonyl (C=O) groups is 3. The third-order valence-corrected chi connectivity index (χ3v) is 6.11. The van der Waals surface area contributed by atoms with Gasteiger partial charge in [-0.15, -0.1) is 12.6 Å². The Bertz CT molecular complexity index is 1320. The molecule has 1 fully saturated rings. The maximum absolute atomic E-state index is 12.8. The molecule has 16 nitrogen and oxygen atoms in total. The molecule has 5 N–H and O–H groups in total. The lowest BCUT2D eigenvalue weighted by molar-refractivity contribution is -0.385. The molecule has 218 valence electrons. The Morgan fingerprint density at radius 2 is 1.54 bits per heavy atom. The minimum atomic E-state index is -1.91. The van der Waals surface area contributed by atoms with Gasteiger partial charge < -0.3 is 25.8 Å². The number of nitrogens with one attached hydrogen (secondary N) is 3. The number of alkyl carbamates (subject to hydrolysis) is 1. The van der Waals surface area contributed by atoms with Gasteiger partial charge in [0.05, 0.1) is 22.2 Å². The van der Waals surface area contributed by atoms with Gasteiger partial charge in [-0.1, -0.05) is 0 Å². The van der Waals surface area contributed by atoms with E-state index in [0.717, 1.165) is 0 Å². The Morgan fingerprint density at radius 3 is 2.02 bits per heavy atom. The smallest absolute Gasteiger partial charge is 0.414 e. The lowest BCUT2D eigenvalue weighted by atomic mass is 10.1. The lowest BCUT2D eigenvalue weighted by Gasteiger charge is -2.26. The van der Waals surface area contributed by atoms with Gasteiger partial charge in [-0.05, 0) is 48.4 Å². The highest BCUT2D eigenvalue weighted by atomic mass is 32.1. The number of aliphatic imine (C=N–C) groups is 1. The lowest BCUT2D eigenvalue weighted by Crippen LogP contribution is -2.50. The summed E-state index contributed by atoms with van der Waals surface area (Å²) in [5, 5.41) is 29.3. The molecule has 1 unspecified atom stereocenters. The van der Waals surface area contributed by atoms with Gasteiger partial charge in [0.25, 0.3) is 11.4 Å². The van der Waals surface area contributed by atoms with E-state index in [1.807, 2.05) is 0 Å². The predicted octanol–water partition coefficient (Wildman–Crippen LogP) is 1.49. The summed E-state index contributed by atoms with van der Waals surface area (Å²) >= 11 is 4.36. The molecular formula is C24H27N7O9S. The first-order valence-corrected chi connectivity index (χ1v) is 12.6. The zero-order valence-electron chi connectivity index (χ0n) is 21.5. The SMILES string of the molecule is NC(=NC(S)(CC(=O)OCc1ccc([N+](=O)[O-])cc1)NC(=O)[C@H]1CCNC1)NC(=O)OCc1ccc([N+](=O)[O-])cc1. The van der Waals surface area contributed by atoms with E-state index in [4.69, 9.17) is 15.2 Å². The van der Waals surface area contributed by atoms with Gasteiger partial charge in [0, 0.05) is 30.8 Å². The number of guanidine groups is 1. The van der Waals surface area contributed by atoms with Crippen molar-refractivity contribution >= 4 is 47.9 Å². The first kappa shape index (κ1) is 30.8. The molecule has 1 aliphatic heterocycles. The van der Waals surface area contributed by atoms with Crippen molar-refractivity contribution in [2.75, 3.05) is 13.1 Å². The molecule has 2 aromatic carbocycles. The van der Waals surface area contributed by atoms with Crippen molar-refractivity contribution in [3.8, 4) is 0 Å². The van der Waals surface area contributed by atoms with Crippen LogP contribution in [0.3, 0.4) is 0 Å². The monoisotopic (exact) mass is 589 g/mol. The second kappa shape index (κ2) is 14.0. The van der Waals surface area contributed by atoms with Gasteiger partial charge in [0.2, 0.25) is 11.9 Å². The number of non-ortho nitro benzene ring substituents is 2. The number of rotatable bonds is 11. The van der Waals surface area contributed by atoms with E-state index in [9.17, 15) is 34.6 Å². The zero-order chi connectivity index (χ0) is 30.0. The molecular weight excluding hydrogens is 562 g/mol. The summed E-state index contributed by atoms with van der Waals surface area (Å²) in [6.45, 7) is 0.590. The molecule has 3 rings (SSSR count). The van der Waals surface area contributed by atoms with Gasteiger partial charge in [0.15, 0.2) is 4.99 Å². The number of amides is 2. The number of carbonyl (C=O) groups excluding carboxylic acids is 3. The molecule has 1 saturated heterocycles. The fourth-order valence-electron chi connectivity index (χ4n) is 3.65. The van der Waals surface area contributed by atoms with Crippen LogP contribution in [-0.2, 0) is 32.3 Å². The van der Waals surface area contributed by atoms with Crippen LogP contribution < -0.4 is 21.7 Å². The molecule has 17 heteroatoms. The van der Waals surface area contributed by atoms with E-state index in [2.05, 4.69) is 33.6 Å². The Kier molecular flexibility index (Phi) is 10.5. The highest BCUT2D eigenvalue weighted by molar-refractivity contribution is 7.81. The fraction of sp³-hybridized carbons (Fsp3) is 0.333. The van der Waals surface area contributed by atoms with E-state index in [1.165, 1.54) is 48.5 Å². The summed E-state index contributed by atoms with van der Waals surface area (Å²) in [5.74, 6) is -2.22. The third-order valence-electron chi connectivity index (χ3n) is 5.74. The molecule has 0 spiro atoms. The van der Waals surface area contributed by atoms with Gasteiger partial charge >= 0.3 is 12.1 Å². The van der Waals surface area contributed by atoms with Crippen molar-refractivity contribution in [3.63, 3.8) is 0 Å². The average molecular weight is 590 g/mol. The summed E-state index contributed by atoms with van der Waals surface area (Å²) in [4.78, 5) is 60.1. The van der Waals surface area contributed by atoms with Crippen molar-refractivity contribution in [3.05, 3.63) is 79.9 Å². The summed E-state index contributed by atoms with van der Waals surface area (Å²) in [6, 6.07) is 10.7. The van der Waals surface area contributed by atoms with Crippen LogP contribution in [0.1, 0.15) is 24.0 Å². The number of nitro groups is 2. The van der Waals surface area contributed by atoms with Crippen molar-refractivity contribution in [2.24, 2.45) is 16.6 Å². The fourth-order valence-corrected chi connectivity index (χ4v) is 4.00. The summed E-state index contributed by atoms with van der Waals surface area (Å²) in [7, 11) is 0. The number of benzene rings is 2. The number of nitrogens with two attached hydrogens (primary N) is 1. The molecule has 0 aromatic heterocycles. The van der Waals surface area contributed by atoms with Gasteiger partial charge in [0.1, 0.15) is 13.2 Å². The van der Waals surface area contributed by atoms with Crippen molar-refractivity contribution in [1.82, 2.24) is 16.0 Å². The summed E-state index contributed by atoms with van der Waals surface area (Å²) in [5.41, 5.74) is 6.54. The van der Waals surface area contributed by atoms with Crippen molar-refractivity contribution < 1.29 is 33.7 Å². The van der Waals surface area contributed by atoms with E-state index < -0.39 is 51.1 Å². The van der Waals surface area contributed by atoms with Crippen LogP contribution in [0.4, 0.5) is 16.2 Å². The second-order valence-corrected chi connectivity index (χ2v) is 9.62. The van der Waals surface area contributed by atoms with Crippen LogP contribution >= 0.6 is 12.6 Å². The number of hydrogen-bond acceptors (Lipinski definition) is 12. The maximum atomic E-state index is 12.8. The number of thiol groups is 1. The Balaban J connectivity index is 1.63. The molecule has 1 aliphatic rings. The van der Waals surface area contributed by atoms with Crippen LogP contribution in [0.5, 0.6) is 0 Å². The Hall–Kier alpha value is -4.77. The van der Waals surface area contributed by atoms with Crippen LogP contribution in [0.15, 0.2) is 53.5 Å². The minimum Gasteiger partial charge on any atom is -0.461 e. The van der Waals surface area contributed by atoms with Crippen LogP contribution in [-0.4, -0.2) is 51.9 Å². The highest BCUT2D eigenvalue weighted by Crippen LogP contribution is 2.22. The molecule has 41 heavy (non-hydrogen) atoms. The minimum absolute atomic E-state index is 0.123. The molecule has 0 bridgehead atoms. The summed E-state index contributed by atoms with van der Waals surface area (Å²) < 4.78 is 10.3. The highest BCUT2D eigenvalue weighted by Gasteiger charge is 2.35. The number of nitro benzene ring substituents is 2. The number of nitrogens with zero attached hydrogens (tertiary/aromatic N) is 3. The second-order valence-electron chi connectivity index (χ2n) is 8.88. The molecule has 0 saturated carbocycles. The molecule has 2 aromatic rings. The van der Waals surface area contributed by atoms with E-state index in [1.54, 1.807) is 0 Å². The van der Waals surface area contributed by atoms with Crippen LogP contribution in [0.25, 0.3) is 0 Å². The Morgan fingerprint density at radius 1 is 1.00 bits per heavy atom. The first-order chi connectivity index (χ1) is 19.4. The zero-order valence-corrected chi connectivity index (χ0v) is 22.4. The number of esters is 1. The molecule has 1 heterocycles. The predicted molar refractivity (Wildman–Crippen MR) is 146 cm³/mol. The van der Waals surface area contributed by atoms with Gasteiger partial charge in [-0.3, -0.25) is 35.1 Å². The van der Waals surface area contributed by atoms with Crippen LogP contribution in [0.2, 0.25) is 0 Å². The molecule has 0 radical (unpaired) electrons.